The molecule has 4 nitrogen and oxygen atoms in total. The van der Waals surface area contributed by atoms with Gasteiger partial charge in [-0.05, 0) is 33.6 Å². The van der Waals surface area contributed by atoms with Crippen LogP contribution in [0.25, 0.3) is 0 Å². The van der Waals surface area contributed by atoms with Crippen LogP contribution in [0.4, 0.5) is 4.79 Å². The first-order valence-electron chi connectivity index (χ1n) is 5.61. The van der Waals surface area contributed by atoms with Gasteiger partial charge in [0.05, 0.1) is 0 Å². The molecule has 1 saturated heterocycles. The minimum Gasteiger partial charge on any atom is -0.444 e. The third-order valence-electron chi connectivity index (χ3n) is 3.17. The monoisotopic (exact) mass is 212 g/mol. The third-order valence-corrected chi connectivity index (χ3v) is 3.17. The van der Waals surface area contributed by atoms with Crippen LogP contribution in [0.15, 0.2) is 0 Å². The highest BCUT2D eigenvalue weighted by atomic mass is 16.6. The van der Waals surface area contributed by atoms with Crippen molar-refractivity contribution in [2.45, 2.75) is 45.4 Å². The maximum absolute atomic E-state index is 11.5. The van der Waals surface area contributed by atoms with Crippen molar-refractivity contribution in [1.82, 2.24) is 10.6 Å². The molecule has 1 aliphatic carbocycles. The van der Waals surface area contributed by atoms with E-state index in [1.165, 1.54) is 0 Å². The van der Waals surface area contributed by atoms with Gasteiger partial charge < -0.3 is 15.4 Å². The quantitative estimate of drug-likeness (QED) is 0.684. The lowest BCUT2D eigenvalue weighted by atomic mass is 10.2. The lowest BCUT2D eigenvalue weighted by Crippen LogP contribution is -2.38. The summed E-state index contributed by atoms with van der Waals surface area (Å²) in [5.74, 6) is 1.23. The molecule has 0 aromatic rings. The Kier molecular flexibility index (Phi) is 2.41. The fraction of sp³-hybridized carbons (Fsp3) is 0.909. The fourth-order valence-electron chi connectivity index (χ4n) is 2.45. The van der Waals surface area contributed by atoms with E-state index in [1.54, 1.807) is 0 Å². The van der Waals surface area contributed by atoms with E-state index in [0.717, 1.165) is 6.54 Å². The number of piperidine rings is 1. The SMILES string of the molecule is CC1NCC2C(NC(=O)OC(C)(C)C)C12. The van der Waals surface area contributed by atoms with Crippen LogP contribution in [0.1, 0.15) is 27.7 Å². The minimum atomic E-state index is -0.405. The molecular formula is C11H20N2O2. The molecule has 1 saturated carbocycles. The van der Waals surface area contributed by atoms with Gasteiger partial charge in [0.2, 0.25) is 0 Å². The van der Waals surface area contributed by atoms with E-state index in [-0.39, 0.29) is 6.09 Å². The summed E-state index contributed by atoms with van der Waals surface area (Å²) in [7, 11) is 0. The van der Waals surface area contributed by atoms with Gasteiger partial charge in [-0.15, -0.1) is 0 Å². The van der Waals surface area contributed by atoms with Gasteiger partial charge in [-0.3, -0.25) is 0 Å². The molecule has 2 aliphatic rings. The van der Waals surface area contributed by atoms with Crippen LogP contribution in [0.2, 0.25) is 0 Å². The molecule has 0 bridgehead atoms. The highest BCUT2D eigenvalue weighted by molar-refractivity contribution is 5.69. The highest BCUT2D eigenvalue weighted by Crippen LogP contribution is 2.45. The van der Waals surface area contributed by atoms with E-state index in [2.05, 4.69) is 17.6 Å². The third kappa shape index (κ3) is 2.25. The molecule has 2 N–H and O–H groups in total. The molecule has 15 heavy (non-hydrogen) atoms. The maximum atomic E-state index is 11.5. The average Bonchev–Trinajstić information content (AvgIpc) is 2.55. The first-order valence-corrected chi connectivity index (χ1v) is 5.61. The zero-order chi connectivity index (χ0) is 11.2. The topological polar surface area (TPSA) is 50.4 Å². The molecule has 1 heterocycles. The number of hydrogen-bond donors (Lipinski definition) is 2. The van der Waals surface area contributed by atoms with Crippen molar-refractivity contribution < 1.29 is 9.53 Å². The van der Waals surface area contributed by atoms with Crippen LogP contribution in [-0.4, -0.2) is 30.3 Å². The van der Waals surface area contributed by atoms with Gasteiger partial charge in [-0.25, -0.2) is 4.79 Å². The van der Waals surface area contributed by atoms with Gasteiger partial charge >= 0.3 is 6.09 Å². The van der Waals surface area contributed by atoms with E-state index in [4.69, 9.17) is 4.74 Å². The number of carbonyl (C=O) groups excluding carboxylic acids is 1. The lowest BCUT2D eigenvalue weighted by molar-refractivity contribution is 0.0516. The number of amides is 1. The Bertz CT molecular complexity index is 272. The molecule has 0 radical (unpaired) electrons. The molecule has 0 aromatic heterocycles. The summed E-state index contributed by atoms with van der Waals surface area (Å²) in [5.41, 5.74) is -0.405. The van der Waals surface area contributed by atoms with E-state index < -0.39 is 5.60 Å². The minimum absolute atomic E-state index is 0.283. The summed E-state index contributed by atoms with van der Waals surface area (Å²) < 4.78 is 5.22. The van der Waals surface area contributed by atoms with Crippen LogP contribution in [0.3, 0.4) is 0 Å². The standard InChI is InChI=1S/C11H20N2O2/c1-6-8-7(5-12-6)9(8)13-10(14)15-11(2,3)4/h6-9,12H,5H2,1-4H3,(H,13,14). The molecule has 1 aliphatic heterocycles. The highest BCUT2D eigenvalue weighted by Gasteiger charge is 2.57. The Labute approximate surface area is 90.8 Å². The van der Waals surface area contributed by atoms with Crippen molar-refractivity contribution in [2.24, 2.45) is 11.8 Å². The molecule has 1 amide bonds. The van der Waals surface area contributed by atoms with Gasteiger partial charge in [0.25, 0.3) is 0 Å². The molecule has 4 unspecified atom stereocenters. The molecule has 4 heteroatoms. The number of hydrogen-bond acceptors (Lipinski definition) is 3. The number of ether oxygens (including phenoxy) is 1. The number of fused-ring (bicyclic) bond motifs is 1. The second-order valence-electron chi connectivity index (χ2n) is 5.61. The van der Waals surface area contributed by atoms with Crippen LogP contribution >= 0.6 is 0 Å². The molecular weight excluding hydrogens is 192 g/mol. The lowest BCUT2D eigenvalue weighted by Gasteiger charge is -2.20. The normalized spacial score (nSPS) is 38.4. The Hall–Kier alpha value is -0.770. The number of alkyl carbamates (subject to hydrolysis) is 1. The van der Waals surface area contributed by atoms with E-state index >= 15 is 0 Å². The Balaban J connectivity index is 1.78. The van der Waals surface area contributed by atoms with E-state index in [1.807, 2.05) is 20.8 Å². The van der Waals surface area contributed by atoms with E-state index in [9.17, 15) is 4.79 Å². The molecule has 4 atom stereocenters. The number of carbonyl (C=O) groups is 1. The number of nitrogens with one attached hydrogen (secondary N) is 2. The van der Waals surface area contributed by atoms with Crippen molar-refractivity contribution in [2.75, 3.05) is 6.54 Å². The van der Waals surface area contributed by atoms with E-state index in [0.29, 0.717) is 23.9 Å². The van der Waals surface area contributed by atoms with Crippen LogP contribution in [0, 0.1) is 11.8 Å². The zero-order valence-electron chi connectivity index (χ0n) is 9.83. The number of rotatable bonds is 1. The zero-order valence-corrected chi connectivity index (χ0v) is 9.83. The summed E-state index contributed by atoms with van der Waals surface area (Å²) in [6.07, 6.45) is -0.283. The summed E-state index contributed by atoms with van der Waals surface area (Å²) in [6, 6.07) is 0.853. The van der Waals surface area contributed by atoms with Gasteiger partial charge in [-0.2, -0.15) is 0 Å². The fourth-order valence-corrected chi connectivity index (χ4v) is 2.45. The van der Waals surface area contributed by atoms with Gasteiger partial charge in [0, 0.05) is 24.5 Å². The second-order valence-corrected chi connectivity index (χ2v) is 5.61. The van der Waals surface area contributed by atoms with Crippen LogP contribution < -0.4 is 10.6 Å². The largest absolute Gasteiger partial charge is 0.444 e. The van der Waals surface area contributed by atoms with Crippen LogP contribution in [-0.2, 0) is 4.74 Å². The Morgan fingerprint density at radius 3 is 2.60 bits per heavy atom. The molecule has 0 spiro atoms. The van der Waals surface area contributed by atoms with Crippen molar-refractivity contribution >= 4 is 6.09 Å². The molecule has 2 fully saturated rings. The first kappa shape index (κ1) is 10.7. The molecule has 0 aromatic carbocycles. The van der Waals surface area contributed by atoms with Crippen molar-refractivity contribution in [3.8, 4) is 0 Å². The Morgan fingerprint density at radius 2 is 2.13 bits per heavy atom. The Morgan fingerprint density at radius 1 is 1.47 bits per heavy atom. The van der Waals surface area contributed by atoms with Gasteiger partial charge in [0.1, 0.15) is 5.60 Å². The molecule has 86 valence electrons. The average molecular weight is 212 g/mol. The van der Waals surface area contributed by atoms with Crippen molar-refractivity contribution in [1.29, 1.82) is 0 Å². The summed E-state index contributed by atoms with van der Waals surface area (Å²) >= 11 is 0. The summed E-state index contributed by atoms with van der Waals surface area (Å²) in [4.78, 5) is 11.5. The van der Waals surface area contributed by atoms with Crippen LogP contribution in [0.5, 0.6) is 0 Å². The van der Waals surface area contributed by atoms with Gasteiger partial charge in [0.15, 0.2) is 0 Å². The first-order chi connectivity index (χ1) is 6.88. The predicted octanol–water partition coefficient (Wildman–Crippen LogP) is 1.12. The molecule has 2 rings (SSSR count). The van der Waals surface area contributed by atoms with Gasteiger partial charge in [-0.1, -0.05) is 0 Å². The second kappa shape index (κ2) is 3.37. The van der Waals surface area contributed by atoms with Crippen molar-refractivity contribution in [3.05, 3.63) is 0 Å². The predicted molar refractivity (Wildman–Crippen MR) is 57.6 cm³/mol. The maximum Gasteiger partial charge on any atom is 0.407 e. The summed E-state index contributed by atoms with van der Waals surface area (Å²) in [5, 5.41) is 6.32. The van der Waals surface area contributed by atoms with Crippen molar-refractivity contribution in [3.63, 3.8) is 0 Å². The smallest absolute Gasteiger partial charge is 0.407 e. The summed E-state index contributed by atoms with van der Waals surface area (Å²) in [6.45, 7) is 8.83.